The topological polar surface area (TPSA) is 86.1 Å². The third-order valence-electron chi connectivity index (χ3n) is 3.09. The van der Waals surface area contributed by atoms with E-state index in [-0.39, 0.29) is 10.6 Å². The zero-order valence-electron chi connectivity index (χ0n) is 10.7. The van der Waals surface area contributed by atoms with E-state index in [0.29, 0.717) is 19.1 Å². The van der Waals surface area contributed by atoms with Crippen molar-refractivity contribution < 1.29 is 8.42 Å². The van der Waals surface area contributed by atoms with Crippen LogP contribution in [0.25, 0.3) is 0 Å². The molecule has 0 radical (unpaired) electrons. The third-order valence-corrected chi connectivity index (χ3v) is 4.53. The Labute approximate surface area is 113 Å². The number of nitrogens with zero attached hydrogens (tertiary/aromatic N) is 3. The second kappa shape index (κ2) is 5.65. The maximum atomic E-state index is 11.9. The third kappa shape index (κ3) is 3.73. The van der Waals surface area contributed by atoms with Crippen LogP contribution in [0.4, 0.5) is 0 Å². The van der Waals surface area contributed by atoms with Gasteiger partial charge in [0, 0.05) is 25.3 Å². The van der Waals surface area contributed by atoms with Gasteiger partial charge in [-0.1, -0.05) is 0 Å². The fraction of sp³-hybridized carbons (Fsp3) is 0.500. The standard InChI is InChI=1S/C12H16N4O2S/c1-16(11-3-4-11)7-6-15-19(17,18)12-5-2-10(8-13)14-9-12/h2,5,9,11,15H,3-4,6-7H2,1H3. The van der Waals surface area contributed by atoms with Gasteiger partial charge in [-0.3, -0.25) is 0 Å². The highest BCUT2D eigenvalue weighted by Gasteiger charge is 2.25. The summed E-state index contributed by atoms with van der Waals surface area (Å²) in [6.07, 6.45) is 3.59. The summed E-state index contributed by atoms with van der Waals surface area (Å²) in [5, 5.41) is 8.61. The Bertz CT molecular complexity index is 573. The van der Waals surface area contributed by atoms with Gasteiger partial charge in [-0.2, -0.15) is 5.26 Å². The highest BCUT2D eigenvalue weighted by Crippen LogP contribution is 2.24. The lowest BCUT2D eigenvalue weighted by Gasteiger charge is -2.15. The summed E-state index contributed by atoms with van der Waals surface area (Å²) in [4.78, 5) is 5.99. The van der Waals surface area contributed by atoms with Crippen LogP contribution in [0.5, 0.6) is 0 Å². The maximum absolute atomic E-state index is 11.9. The molecule has 19 heavy (non-hydrogen) atoms. The number of pyridine rings is 1. The predicted molar refractivity (Wildman–Crippen MR) is 69.8 cm³/mol. The zero-order valence-corrected chi connectivity index (χ0v) is 11.5. The number of nitrogens with one attached hydrogen (secondary N) is 1. The summed E-state index contributed by atoms with van der Waals surface area (Å²) in [6.45, 7) is 1.06. The van der Waals surface area contributed by atoms with E-state index in [2.05, 4.69) is 14.6 Å². The van der Waals surface area contributed by atoms with Gasteiger partial charge in [0.15, 0.2) is 0 Å². The van der Waals surface area contributed by atoms with E-state index in [1.165, 1.54) is 31.2 Å². The molecule has 1 aromatic heterocycles. The van der Waals surface area contributed by atoms with Gasteiger partial charge in [0.1, 0.15) is 16.7 Å². The molecule has 0 atom stereocenters. The van der Waals surface area contributed by atoms with Crippen LogP contribution in [-0.4, -0.2) is 44.5 Å². The molecule has 1 N–H and O–H groups in total. The quantitative estimate of drug-likeness (QED) is 0.811. The number of hydrogen-bond donors (Lipinski definition) is 1. The van der Waals surface area contributed by atoms with Crippen molar-refractivity contribution in [3.63, 3.8) is 0 Å². The monoisotopic (exact) mass is 280 g/mol. The molecular weight excluding hydrogens is 264 g/mol. The summed E-state index contributed by atoms with van der Waals surface area (Å²) in [5.41, 5.74) is 0.201. The fourth-order valence-electron chi connectivity index (χ4n) is 1.74. The molecule has 102 valence electrons. The van der Waals surface area contributed by atoms with E-state index in [4.69, 9.17) is 5.26 Å². The van der Waals surface area contributed by atoms with Gasteiger partial charge in [0.2, 0.25) is 10.0 Å². The summed E-state index contributed by atoms with van der Waals surface area (Å²) in [7, 11) is -1.54. The number of hydrogen-bond acceptors (Lipinski definition) is 5. The first kappa shape index (κ1) is 13.9. The second-order valence-electron chi connectivity index (χ2n) is 4.60. The van der Waals surface area contributed by atoms with Gasteiger partial charge < -0.3 is 4.90 Å². The Kier molecular flexibility index (Phi) is 4.14. The molecule has 1 fully saturated rings. The number of aromatic nitrogens is 1. The van der Waals surface area contributed by atoms with Gasteiger partial charge in [-0.15, -0.1) is 0 Å². The van der Waals surface area contributed by atoms with Crippen molar-refractivity contribution in [1.29, 1.82) is 5.26 Å². The molecule has 0 aromatic carbocycles. The van der Waals surface area contributed by atoms with Crippen LogP contribution < -0.4 is 4.72 Å². The highest BCUT2D eigenvalue weighted by atomic mass is 32.2. The molecule has 1 aliphatic carbocycles. The fourth-order valence-corrected chi connectivity index (χ4v) is 2.71. The van der Waals surface area contributed by atoms with E-state index in [1.807, 2.05) is 13.1 Å². The average molecular weight is 280 g/mol. The van der Waals surface area contributed by atoms with Gasteiger partial charge in [-0.25, -0.2) is 18.1 Å². The van der Waals surface area contributed by atoms with Gasteiger partial charge in [-0.05, 0) is 32.0 Å². The van der Waals surface area contributed by atoms with Crippen LogP contribution in [-0.2, 0) is 10.0 Å². The molecule has 7 heteroatoms. The summed E-state index contributed by atoms with van der Waals surface area (Å²) >= 11 is 0. The van der Waals surface area contributed by atoms with Crippen molar-refractivity contribution in [1.82, 2.24) is 14.6 Å². The molecular formula is C12H16N4O2S. The lowest BCUT2D eigenvalue weighted by molar-refractivity contribution is 0.329. The Morgan fingerprint density at radius 3 is 2.79 bits per heavy atom. The summed E-state index contributed by atoms with van der Waals surface area (Å²) in [6, 6.07) is 5.24. The van der Waals surface area contributed by atoms with Crippen LogP contribution in [0.2, 0.25) is 0 Å². The van der Waals surface area contributed by atoms with Crippen LogP contribution in [0.3, 0.4) is 0 Å². The van der Waals surface area contributed by atoms with Crippen molar-refractivity contribution in [2.75, 3.05) is 20.1 Å². The van der Waals surface area contributed by atoms with Crippen LogP contribution >= 0.6 is 0 Å². The molecule has 1 heterocycles. The Morgan fingerprint density at radius 2 is 2.26 bits per heavy atom. The van der Waals surface area contributed by atoms with Crippen molar-refractivity contribution in [2.45, 2.75) is 23.8 Å². The maximum Gasteiger partial charge on any atom is 0.242 e. The lowest BCUT2D eigenvalue weighted by atomic mass is 10.4. The lowest BCUT2D eigenvalue weighted by Crippen LogP contribution is -2.34. The number of sulfonamides is 1. The molecule has 1 aromatic rings. The molecule has 0 saturated heterocycles. The van der Waals surface area contributed by atoms with Crippen LogP contribution in [0.1, 0.15) is 18.5 Å². The normalized spacial score (nSPS) is 15.4. The summed E-state index contributed by atoms with van der Waals surface area (Å²) < 4.78 is 26.4. The molecule has 0 bridgehead atoms. The largest absolute Gasteiger partial charge is 0.302 e. The SMILES string of the molecule is CN(CCNS(=O)(=O)c1ccc(C#N)nc1)C1CC1. The zero-order chi connectivity index (χ0) is 13.9. The Balaban J connectivity index is 1.91. The predicted octanol–water partition coefficient (Wildman–Crippen LogP) is 0.326. The van der Waals surface area contributed by atoms with E-state index in [1.54, 1.807) is 0 Å². The molecule has 6 nitrogen and oxygen atoms in total. The molecule has 1 saturated carbocycles. The first-order valence-corrected chi connectivity index (χ1v) is 7.57. The van der Waals surface area contributed by atoms with Crippen molar-refractivity contribution >= 4 is 10.0 Å². The van der Waals surface area contributed by atoms with Crippen LogP contribution in [0.15, 0.2) is 23.2 Å². The minimum absolute atomic E-state index is 0.0839. The van der Waals surface area contributed by atoms with E-state index in [0.717, 1.165) is 0 Å². The molecule has 0 aliphatic heterocycles. The average Bonchev–Trinajstić information content (AvgIpc) is 3.23. The van der Waals surface area contributed by atoms with E-state index < -0.39 is 10.0 Å². The van der Waals surface area contributed by atoms with Crippen molar-refractivity contribution in [3.05, 3.63) is 24.0 Å². The second-order valence-corrected chi connectivity index (χ2v) is 6.37. The smallest absolute Gasteiger partial charge is 0.242 e. The minimum Gasteiger partial charge on any atom is -0.302 e. The highest BCUT2D eigenvalue weighted by molar-refractivity contribution is 7.89. The number of rotatable bonds is 6. The van der Waals surface area contributed by atoms with Gasteiger partial charge in [0.25, 0.3) is 0 Å². The van der Waals surface area contributed by atoms with Gasteiger partial charge >= 0.3 is 0 Å². The Morgan fingerprint density at radius 1 is 1.53 bits per heavy atom. The van der Waals surface area contributed by atoms with Crippen LogP contribution in [0, 0.1) is 11.3 Å². The molecule has 0 spiro atoms. The minimum atomic E-state index is -3.53. The number of likely N-dealkylation sites (N-methyl/N-ethyl adjacent to an activating group) is 1. The molecule has 1 aliphatic rings. The van der Waals surface area contributed by atoms with E-state index >= 15 is 0 Å². The van der Waals surface area contributed by atoms with Crippen molar-refractivity contribution in [3.8, 4) is 6.07 Å². The molecule has 2 rings (SSSR count). The van der Waals surface area contributed by atoms with Crippen molar-refractivity contribution in [2.24, 2.45) is 0 Å². The number of nitriles is 1. The Hall–Kier alpha value is -1.49. The van der Waals surface area contributed by atoms with Gasteiger partial charge in [0.05, 0.1) is 0 Å². The molecule has 0 amide bonds. The summed E-state index contributed by atoms with van der Waals surface area (Å²) in [5.74, 6) is 0. The molecule has 0 unspecified atom stereocenters. The first-order chi connectivity index (χ1) is 9.03. The first-order valence-electron chi connectivity index (χ1n) is 6.09. The van der Waals surface area contributed by atoms with E-state index in [9.17, 15) is 8.42 Å².